The lowest BCUT2D eigenvalue weighted by atomic mass is 9.82. The zero-order valence-corrected chi connectivity index (χ0v) is 13.9. The van der Waals surface area contributed by atoms with E-state index in [4.69, 9.17) is 15.2 Å². The molecule has 0 radical (unpaired) electrons. The minimum absolute atomic E-state index is 0.0375. The summed E-state index contributed by atoms with van der Waals surface area (Å²) in [6.07, 6.45) is 0. The predicted molar refractivity (Wildman–Crippen MR) is 84.5 cm³/mol. The molecule has 1 aromatic rings. The standard InChI is InChI=1S/C17H27NO3/c1-7-20-14-10-9-12(16(3,4)5)11-13(14)17(6,18)15(19)21-8-2/h9-11H,7-8,18H2,1-6H3. The van der Waals surface area contributed by atoms with Gasteiger partial charge in [-0.15, -0.1) is 0 Å². The molecule has 4 heteroatoms. The van der Waals surface area contributed by atoms with Crippen LogP contribution in [0.1, 0.15) is 52.7 Å². The summed E-state index contributed by atoms with van der Waals surface area (Å²) < 4.78 is 10.7. The molecular formula is C17H27NO3. The zero-order chi connectivity index (χ0) is 16.3. The van der Waals surface area contributed by atoms with Crippen molar-refractivity contribution in [3.05, 3.63) is 29.3 Å². The van der Waals surface area contributed by atoms with E-state index >= 15 is 0 Å². The van der Waals surface area contributed by atoms with Crippen LogP contribution in [0.3, 0.4) is 0 Å². The minimum atomic E-state index is -1.23. The zero-order valence-electron chi connectivity index (χ0n) is 13.9. The van der Waals surface area contributed by atoms with Crippen molar-refractivity contribution in [1.82, 2.24) is 0 Å². The molecule has 4 nitrogen and oxygen atoms in total. The summed E-state index contributed by atoms with van der Waals surface area (Å²) in [6, 6.07) is 5.83. The van der Waals surface area contributed by atoms with E-state index in [2.05, 4.69) is 20.8 Å². The monoisotopic (exact) mass is 293 g/mol. The van der Waals surface area contributed by atoms with Crippen LogP contribution >= 0.6 is 0 Å². The average molecular weight is 293 g/mol. The first-order chi connectivity index (χ1) is 9.64. The fourth-order valence-electron chi connectivity index (χ4n) is 2.07. The average Bonchev–Trinajstić information content (AvgIpc) is 2.38. The van der Waals surface area contributed by atoms with Gasteiger partial charge in [0.1, 0.15) is 11.3 Å². The normalized spacial score (nSPS) is 14.4. The second-order valence-electron chi connectivity index (χ2n) is 6.32. The van der Waals surface area contributed by atoms with E-state index in [1.807, 2.05) is 25.1 Å². The third kappa shape index (κ3) is 3.97. The van der Waals surface area contributed by atoms with Crippen molar-refractivity contribution in [3.63, 3.8) is 0 Å². The predicted octanol–water partition coefficient (Wildman–Crippen LogP) is 3.12. The molecule has 118 valence electrons. The Hall–Kier alpha value is -1.55. The Balaban J connectivity index is 3.38. The Morgan fingerprint density at radius 2 is 1.76 bits per heavy atom. The first kappa shape index (κ1) is 17.5. The smallest absolute Gasteiger partial charge is 0.330 e. The molecule has 0 amide bonds. The number of hydrogen-bond donors (Lipinski definition) is 1. The van der Waals surface area contributed by atoms with Crippen molar-refractivity contribution in [2.24, 2.45) is 5.73 Å². The number of carbonyl (C=O) groups excluding carboxylic acids is 1. The van der Waals surface area contributed by atoms with Crippen LogP contribution in [0.15, 0.2) is 18.2 Å². The summed E-state index contributed by atoms with van der Waals surface area (Å²) in [4.78, 5) is 12.2. The first-order valence-electron chi connectivity index (χ1n) is 7.38. The maximum Gasteiger partial charge on any atom is 0.330 e. The lowest BCUT2D eigenvalue weighted by Crippen LogP contribution is -2.43. The molecule has 1 atom stereocenters. The van der Waals surface area contributed by atoms with Gasteiger partial charge in [0.2, 0.25) is 0 Å². The first-order valence-corrected chi connectivity index (χ1v) is 7.38. The van der Waals surface area contributed by atoms with Crippen LogP contribution in [0.2, 0.25) is 0 Å². The number of hydrogen-bond acceptors (Lipinski definition) is 4. The van der Waals surface area contributed by atoms with Crippen LogP contribution in [0, 0.1) is 0 Å². The van der Waals surface area contributed by atoms with Gasteiger partial charge in [0.25, 0.3) is 0 Å². The summed E-state index contributed by atoms with van der Waals surface area (Å²) in [5.74, 6) is 0.181. The third-order valence-electron chi connectivity index (χ3n) is 3.40. The number of nitrogens with two attached hydrogens (primary N) is 1. The Kier molecular flexibility index (Phi) is 5.40. The molecular weight excluding hydrogens is 266 g/mol. The molecule has 0 aliphatic carbocycles. The number of rotatable bonds is 5. The number of benzene rings is 1. The molecule has 0 aliphatic heterocycles. The molecule has 0 heterocycles. The lowest BCUT2D eigenvalue weighted by molar-refractivity contribution is -0.149. The molecule has 0 spiro atoms. The van der Waals surface area contributed by atoms with Crippen molar-refractivity contribution in [3.8, 4) is 5.75 Å². The van der Waals surface area contributed by atoms with Crippen LogP contribution in [0.5, 0.6) is 5.75 Å². The van der Waals surface area contributed by atoms with Gasteiger partial charge in [0.05, 0.1) is 13.2 Å². The molecule has 0 bridgehead atoms. The van der Waals surface area contributed by atoms with E-state index in [-0.39, 0.29) is 5.41 Å². The highest BCUT2D eigenvalue weighted by molar-refractivity contribution is 5.83. The Bertz CT molecular complexity index is 501. The van der Waals surface area contributed by atoms with Gasteiger partial charge >= 0.3 is 5.97 Å². The summed E-state index contributed by atoms with van der Waals surface area (Å²) in [7, 11) is 0. The fraction of sp³-hybridized carbons (Fsp3) is 0.588. The largest absolute Gasteiger partial charge is 0.494 e. The van der Waals surface area contributed by atoms with Gasteiger partial charge in [0.15, 0.2) is 0 Å². The fourth-order valence-corrected chi connectivity index (χ4v) is 2.07. The molecule has 1 rings (SSSR count). The van der Waals surface area contributed by atoms with Gasteiger partial charge in [-0.1, -0.05) is 26.8 Å². The molecule has 0 aromatic heterocycles. The quantitative estimate of drug-likeness (QED) is 0.847. The van der Waals surface area contributed by atoms with E-state index in [0.717, 1.165) is 5.56 Å². The molecule has 0 aliphatic rings. The SMILES string of the molecule is CCOC(=O)C(C)(N)c1cc(C(C)(C)C)ccc1OCC. The highest BCUT2D eigenvalue weighted by atomic mass is 16.5. The van der Waals surface area contributed by atoms with Gasteiger partial charge in [-0.2, -0.15) is 0 Å². The summed E-state index contributed by atoms with van der Waals surface area (Å²) in [6.45, 7) is 12.5. The molecule has 1 aromatic carbocycles. The van der Waals surface area contributed by atoms with E-state index in [0.29, 0.717) is 24.5 Å². The van der Waals surface area contributed by atoms with E-state index in [9.17, 15) is 4.79 Å². The van der Waals surface area contributed by atoms with E-state index < -0.39 is 11.5 Å². The highest BCUT2D eigenvalue weighted by Gasteiger charge is 2.36. The number of carbonyl (C=O) groups is 1. The van der Waals surface area contributed by atoms with Crippen LogP contribution in [0.25, 0.3) is 0 Å². The van der Waals surface area contributed by atoms with Crippen LogP contribution in [0.4, 0.5) is 0 Å². The molecule has 0 saturated heterocycles. The Labute approximate surface area is 127 Å². The number of ether oxygens (including phenoxy) is 2. The van der Waals surface area contributed by atoms with Crippen LogP contribution < -0.4 is 10.5 Å². The Morgan fingerprint density at radius 3 is 2.24 bits per heavy atom. The van der Waals surface area contributed by atoms with E-state index in [1.54, 1.807) is 13.8 Å². The summed E-state index contributed by atoms with van der Waals surface area (Å²) in [5.41, 5.74) is 6.75. The van der Waals surface area contributed by atoms with Crippen LogP contribution in [-0.2, 0) is 20.5 Å². The van der Waals surface area contributed by atoms with Crippen LogP contribution in [-0.4, -0.2) is 19.2 Å². The van der Waals surface area contributed by atoms with Gasteiger partial charge < -0.3 is 15.2 Å². The highest BCUT2D eigenvalue weighted by Crippen LogP contribution is 2.34. The van der Waals surface area contributed by atoms with Crippen molar-refractivity contribution < 1.29 is 14.3 Å². The molecule has 0 saturated carbocycles. The minimum Gasteiger partial charge on any atom is -0.494 e. The van der Waals surface area contributed by atoms with Gasteiger partial charge in [-0.3, -0.25) is 0 Å². The second kappa shape index (κ2) is 6.48. The van der Waals surface area contributed by atoms with Crippen molar-refractivity contribution in [2.45, 2.75) is 52.5 Å². The second-order valence-corrected chi connectivity index (χ2v) is 6.32. The van der Waals surface area contributed by atoms with Crippen molar-refractivity contribution >= 4 is 5.97 Å². The lowest BCUT2D eigenvalue weighted by Gasteiger charge is -2.28. The van der Waals surface area contributed by atoms with Gasteiger partial charge in [-0.25, -0.2) is 4.79 Å². The summed E-state index contributed by atoms with van der Waals surface area (Å²) in [5, 5.41) is 0. The summed E-state index contributed by atoms with van der Waals surface area (Å²) >= 11 is 0. The maximum atomic E-state index is 12.2. The van der Waals surface area contributed by atoms with Gasteiger partial charge in [-0.05, 0) is 43.9 Å². The van der Waals surface area contributed by atoms with E-state index in [1.165, 1.54) is 0 Å². The Morgan fingerprint density at radius 1 is 1.14 bits per heavy atom. The molecule has 21 heavy (non-hydrogen) atoms. The topological polar surface area (TPSA) is 61.5 Å². The number of esters is 1. The third-order valence-corrected chi connectivity index (χ3v) is 3.40. The van der Waals surface area contributed by atoms with Gasteiger partial charge in [0, 0.05) is 5.56 Å². The molecule has 1 unspecified atom stereocenters. The van der Waals surface area contributed by atoms with Crippen molar-refractivity contribution in [1.29, 1.82) is 0 Å². The molecule has 2 N–H and O–H groups in total. The van der Waals surface area contributed by atoms with Crippen molar-refractivity contribution in [2.75, 3.05) is 13.2 Å². The molecule has 0 fully saturated rings. The maximum absolute atomic E-state index is 12.2.